The van der Waals surface area contributed by atoms with E-state index < -0.39 is 0 Å². The van der Waals surface area contributed by atoms with E-state index in [-0.39, 0.29) is 23.9 Å². The molecule has 1 aromatic carbocycles. The standard InChI is InChI=1S/C24H35N5O3/c1-5-18-6-8-19(9-7-18)21(28(3)4)16-25-22(30)11-10-20-17(2)26-24(27-23(20)31)29-12-14-32-15-13-29/h6-9,21H,5,10-16H2,1-4H3,(H,25,30)(H,26,27,31). The second kappa shape index (κ2) is 11.2. The quantitative estimate of drug-likeness (QED) is 0.617. The molecule has 1 atom stereocenters. The number of hydrogen-bond donors (Lipinski definition) is 2. The normalized spacial score (nSPS) is 15.1. The smallest absolute Gasteiger partial charge is 0.255 e. The highest BCUT2D eigenvalue weighted by Gasteiger charge is 2.18. The Balaban J connectivity index is 1.57. The van der Waals surface area contributed by atoms with Crippen LogP contribution in [0.15, 0.2) is 29.1 Å². The van der Waals surface area contributed by atoms with E-state index >= 15 is 0 Å². The minimum absolute atomic E-state index is 0.0712. The maximum Gasteiger partial charge on any atom is 0.255 e. The number of anilines is 1. The number of carbonyl (C=O) groups is 1. The molecule has 32 heavy (non-hydrogen) atoms. The van der Waals surface area contributed by atoms with E-state index in [0.717, 1.165) is 6.42 Å². The molecule has 1 unspecified atom stereocenters. The lowest BCUT2D eigenvalue weighted by Crippen LogP contribution is -2.39. The summed E-state index contributed by atoms with van der Waals surface area (Å²) in [6.07, 6.45) is 1.61. The first-order chi connectivity index (χ1) is 15.4. The highest BCUT2D eigenvalue weighted by atomic mass is 16.5. The second-order valence-electron chi connectivity index (χ2n) is 8.43. The number of benzene rings is 1. The number of likely N-dealkylation sites (N-methyl/N-ethyl adjacent to an activating group) is 1. The lowest BCUT2D eigenvalue weighted by atomic mass is 10.0. The Morgan fingerprint density at radius 2 is 1.94 bits per heavy atom. The Morgan fingerprint density at radius 3 is 2.53 bits per heavy atom. The number of rotatable bonds is 9. The lowest BCUT2D eigenvalue weighted by Gasteiger charge is -2.27. The van der Waals surface area contributed by atoms with Crippen LogP contribution in [0, 0.1) is 6.92 Å². The molecule has 0 spiro atoms. The molecule has 1 aliphatic heterocycles. The van der Waals surface area contributed by atoms with Crippen molar-refractivity contribution in [2.24, 2.45) is 0 Å². The molecular weight excluding hydrogens is 406 g/mol. The van der Waals surface area contributed by atoms with Gasteiger partial charge in [-0.1, -0.05) is 31.2 Å². The van der Waals surface area contributed by atoms with Gasteiger partial charge >= 0.3 is 0 Å². The van der Waals surface area contributed by atoms with Crippen LogP contribution < -0.4 is 15.8 Å². The van der Waals surface area contributed by atoms with E-state index in [1.165, 1.54) is 11.1 Å². The van der Waals surface area contributed by atoms with E-state index in [1.54, 1.807) is 0 Å². The van der Waals surface area contributed by atoms with Crippen LogP contribution in [-0.4, -0.2) is 67.7 Å². The van der Waals surface area contributed by atoms with Gasteiger partial charge in [-0.3, -0.25) is 14.6 Å². The predicted octanol–water partition coefficient (Wildman–Crippen LogP) is 1.83. The highest BCUT2D eigenvalue weighted by molar-refractivity contribution is 5.76. The largest absolute Gasteiger partial charge is 0.378 e. The maximum atomic E-state index is 12.6. The average molecular weight is 442 g/mol. The minimum Gasteiger partial charge on any atom is -0.378 e. The van der Waals surface area contributed by atoms with Gasteiger partial charge in [0, 0.05) is 37.3 Å². The number of nitrogens with zero attached hydrogens (tertiary/aromatic N) is 3. The van der Waals surface area contributed by atoms with Gasteiger partial charge in [-0.2, -0.15) is 0 Å². The van der Waals surface area contributed by atoms with Crippen molar-refractivity contribution in [3.05, 3.63) is 57.0 Å². The molecule has 0 aliphatic carbocycles. The third-order valence-corrected chi connectivity index (χ3v) is 6.01. The second-order valence-corrected chi connectivity index (χ2v) is 8.43. The predicted molar refractivity (Wildman–Crippen MR) is 126 cm³/mol. The number of amides is 1. The summed E-state index contributed by atoms with van der Waals surface area (Å²) in [5.41, 5.74) is 3.53. The molecule has 2 N–H and O–H groups in total. The molecule has 0 radical (unpaired) electrons. The topological polar surface area (TPSA) is 90.6 Å². The number of carbonyl (C=O) groups excluding carboxylic acids is 1. The van der Waals surface area contributed by atoms with E-state index in [2.05, 4.69) is 51.4 Å². The van der Waals surface area contributed by atoms with Gasteiger partial charge in [0.1, 0.15) is 0 Å². The molecule has 1 amide bonds. The van der Waals surface area contributed by atoms with E-state index in [9.17, 15) is 9.59 Å². The fourth-order valence-corrected chi connectivity index (χ4v) is 3.93. The highest BCUT2D eigenvalue weighted by Crippen LogP contribution is 2.18. The molecule has 0 bridgehead atoms. The van der Waals surface area contributed by atoms with Crippen LogP contribution in [0.3, 0.4) is 0 Å². The molecule has 2 aromatic rings. The number of nitrogens with one attached hydrogen (secondary N) is 2. The zero-order valence-electron chi connectivity index (χ0n) is 19.6. The number of ether oxygens (including phenoxy) is 1. The Bertz CT molecular complexity index is 949. The van der Waals surface area contributed by atoms with Crippen LogP contribution in [0.1, 0.15) is 41.8 Å². The first-order valence-corrected chi connectivity index (χ1v) is 11.3. The molecule has 2 heterocycles. The molecule has 1 aromatic heterocycles. The van der Waals surface area contributed by atoms with Crippen LogP contribution in [0.25, 0.3) is 0 Å². The minimum atomic E-state index is -0.172. The number of aryl methyl sites for hydroxylation is 2. The van der Waals surface area contributed by atoms with Gasteiger partial charge < -0.3 is 19.9 Å². The van der Waals surface area contributed by atoms with Gasteiger partial charge in [-0.05, 0) is 45.0 Å². The Morgan fingerprint density at radius 1 is 1.25 bits per heavy atom. The third-order valence-electron chi connectivity index (χ3n) is 6.01. The zero-order valence-corrected chi connectivity index (χ0v) is 19.6. The fourth-order valence-electron chi connectivity index (χ4n) is 3.93. The van der Waals surface area contributed by atoms with Gasteiger partial charge in [0.05, 0.1) is 19.3 Å². The van der Waals surface area contributed by atoms with Crippen molar-refractivity contribution in [1.29, 1.82) is 0 Å². The monoisotopic (exact) mass is 441 g/mol. The number of H-pyrrole nitrogens is 1. The summed E-state index contributed by atoms with van der Waals surface area (Å²) in [6.45, 7) is 7.14. The Hall–Kier alpha value is -2.71. The van der Waals surface area contributed by atoms with Gasteiger partial charge in [0.25, 0.3) is 5.56 Å². The summed E-state index contributed by atoms with van der Waals surface area (Å²) in [5, 5.41) is 3.03. The van der Waals surface area contributed by atoms with Crippen molar-refractivity contribution in [1.82, 2.24) is 20.2 Å². The van der Waals surface area contributed by atoms with Gasteiger partial charge in [0.2, 0.25) is 11.9 Å². The molecule has 174 valence electrons. The van der Waals surface area contributed by atoms with Gasteiger partial charge in [-0.15, -0.1) is 0 Å². The Kier molecular flexibility index (Phi) is 8.41. The first-order valence-electron chi connectivity index (χ1n) is 11.3. The summed E-state index contributed by atoms with van der Waals surface area (Å²) in [4.78, 5) is 36.7. The van der Waals surface area contributed by atoms with Crippen LogP contribution in [0.4, 0.5) is 5.95 Å². The van der Waals surface area contributed by atoms with E-state index in [1.807, 2.05) is 25.9 Å². The number of aromatic amines is 1. The summed E-state index contributed by atoms with van der Waals surface area (Å²) in [6, 6.07) is 8.61. The van der Waals surface area contributed by atoms with Crippen LogP contribution in [-0.2, 0) is 22.4 Å². The number of aromatic nitrogens is 2. The van der Waals surface area contributed by atoms with Crippen molar-refractivity contribution in [3.63, 3.8) is 0 Å². The summed E-state index contributed by atoms with van der Waals surface area (Å²) in [5.74, 6) is 0.505. The van der Waals surface area contributed by atoms with Crippen molar-refractivity contribution in [2.45, 2.75) is 39.2 Å². The van der Waals surface area contributed by atoms with Crippen molar-refractivity contribution >= 4 is 11.9 Å². The molecule has 1 fully saturated rings. The summed E-state index contributed by atoms with van der Waals surface area (Å²) >= 11 is 0. The van der Waals surface area contributed by atoms with Crippen molar-refractivity contribution < 1.29 is 9.53 Å². The van der Waals surface area contributed by atoms with Crippen LogP contribution in [0.5, 0.6) is 0 Å². The number of morpholine rings is 1. The van der Waals surface area contributed by atoms with Gasteiger partial charge in [-0.25, -0.2) is 4.98 Å². The van der Waals surface area contributed by atoms with Crippen molar-refractivity contribution in [3.8, 4) is 0 Å². The fraction of sp³-hybridized carbons (Fsp3) is 0.542. The molecule has 8 nitrogen and oxygen atoms in total. The molecule has 0 saturated carbocycles. The van der Waals surface area contributed by atoms with Gasteiger partial charge in [0.15, 0.2) is 0 Å². The van der Waals surface area contributed by atoms with Crippen LogP contribution in [0.2, 0.25) is 0 Å². The van der Waals surface area contributed by atoms with Crippen molar-refractivity contribution in [2.75, 3.05) is 51.8 Å². The Labute approximate surface area is 190 Å². The van der Waals surface area contributed by atoms with Crippen LogP contribution >= 0.6 is 0 Å². The molecule has 1 aliphatic rings. The third kappa shape index (κ3) is 6.17. The molecular formula is C24H35N5O3. The maximum absolute atomic E-state index is 12.6. The number of hydrogen-bond acceptors (Lipinski definition) is 6. The summed E-state index contributed by atoms with van der Waals surface area (Å²) < 4.78 is 5.35. The SMILES string of the molecule is CCc1ccc(C(CNC(=O)CCc2c(C)nc(N3CCOCC3)[nH]c2=O)N(C)C)cc1. The van der Waals surface area contributed by atoms with E-state index in [4.69, 9.17) is 4.74 Å². The molecule has 1 saturated heterocycles. The first kappa shape index (κ1) is 23.9. The lowest BCUT2D eigenvalue weighted by molar-refractivity contribution is -0.121. The molecule has 8 heteroatoms. The van der Waals surface area contributed by atoms with E-state index in [0.29, 0.717) is 56.5 Å². The molecule has 3 rings (SSSR count). The summed E-state index contributed by atoms with van der Waals surface area (Å²) in [7, 11) is 4.02. The average Bonchev–Trinajstić information content (AvgIpc) is 2.79. The zero-order chi connectivity index (χ0) is 23.1.